The molecule has 2 heterocycles. The van der Waals surface area contributed by atoms with Gasteiger partial charge in [0.1, 0.15) is 11.0 Å². The Morgan fingerprint density at radius 2 is 2.00 bits per heavy atom. The second-order valence-corrected chi connectivity index (χ2v) is 9.80. The van der Waals surface area contributed by atoms with Gasteiger partial charge in [-0.05, 0) is 48.1 Å². The molecule has 1 amide bonds. The van der Waals surface area contributed by atoms with Gasteiger partial charge in [0.25, 0.3) is 5.91 Å². The first-order valence-corrected chi connectivity index (χ1v) is 11.5. The van der Waals surface area contributed by atoms with Crippen molar-refractivity contribution in [2.45, 2.75) is 44.9 Å². The first-order valence-electron chi connectivity index (χ1n) is 10.1. The Hall–Kier alpha value is -2.20. The zero-order chi connectivity index (χ0) is 21.0. The van der Waals surface area contributed by atoms with Crippen molar-refractivity contribution in [3.63, 3.8) is 0 Å². The molecule has 0 unspecified atom stereocenters. The fraction of sp³-hybridized carbons (Fsp3) is 0.632. The van der Waals surface area contributed by atoms with Crippen LogP contribution >= 0.6 is 0 Å². The zero-order valence-corrected chi connectivity index (χ0v) is 18.0. The SMILES string of the molecule is CCCCNC(=O)COn1nnc2ccc(S(=O)(=O)N3C[C@@H](C)C[C@H](C)C3)cc21. The Balaban J connectivity index is 1.77. The van der Waals surface area contributed by atoms with E-state index in [0.717, 1.165) is 24.1 Å². The van der Waals surface area contributed by atoms with Gasteiger partial charge in [0.05, 0.1) is 4.90 Å². The van der Waals surface area contributed by atoms with Crippen LogP contribution in [0.25, 0.3) is 11.0 Å². The van der Waals surface area contributed by atoms with Gasteiger partial charge >= 0.3 is 0 Å². The third-order valence-electron chi connectivity index (χ3n) is 5.03. The van der Waals surface area contributed by atoms with Gasteiger partial charge in [0.2, 0.25) is 10.0 Å². The summed E-state index contributed by atoms with van der Waals surface area (Å²) in [7, 11) is -3.63. The number of fused-ring (bicyclic) bond motifs is 1. The molecule has 29 heavy (non-hydrogen) atoms. The molecule has 1 N–H and O–H groups in total. The molecular formula is C19H29N5O4S. The van der Waals surface area contributed by atoms with Crippen LogP contribution in [0.4, 0.5) is 0 Å². The number of piperidine rings is 1. The molecule has 0 aliphatic carbocycles. The molecule has 9 nitrogen and oxygen atoms in total. The first-order chi connectivity index (χ1) is 13.8. The van der Waals surface area contributed by atoms with Crippen molar-refractivity contribution in [2.24, 2.45) is 11.8 Å². The summed E-state index contributed by atoms with van der Waals surface area (Å²) in [6.45, 7) is 7.57. The summed E-state index contributed by atoms with van der Waals surface area (Å²) in [6.07, 6.45) is 2.91. The molecule has 2 atom stereocenters. The predicted octanol–water partition coefficient (Wildman–Crippen LogP) is 1.44. The van der Waals surface area contributed by atoms with Gasteiger partial charge in [-0.25, -0.2) is 8.42 Å². The van der Waals surface area contributed by atoms with Crippen LogP contribution in [0, 0.1) is 11.8 Å². The molecule has 0 radical (unpaired) electrons. The highest BCUT2D eigenvalue weighted by Gasteiger charge is 2.32. The number of nitrogens with one attached hydrogen (secondary N) is 1. The summed E-state index contributed by atoms with van der Waals surface area (Å²) in [5.41, 5.74) is 0.904. The van der Waals surface area contributed by atoms with Crippen LogP contribution < -0.4 is 10.2 Å². The number of nitrogens with zero attached hydrogens (tertiary/aromatic N) is 4. The van der Waals surface area contributed by atoms with E-state index in [9.17, 15) is 13.2 Å². The van der Waals surface area contributed by atoms with Crippen LogP contribution in [0.15, 0.2) is 23.1 Å². The Labute approximate surface area is 171 Å². The van der Waals surface area contributed by atoms with Crippen LogP contribution in [0.2, 0.25) is 0 Å². The van der Waals surface area contributed by atoms with E-state index in [-0.39, 0.29) is 17.4 Å². The maximum absolute atomic E-state index is 13.1. The number of benzene rings is 1. The second kappa shape index (κ2) is 9.08. The topological polar surface area (TPSA) is 106 Å². The van der Waals surface area contributed by atoms with Crippen LogP contribution in [-0.4, -0.2) is 60.0 Å². The lowest BCUT2D eigenvalue weighted by atomic mass is 9.94. The number of sulfonamides is 1. The Kier molecular flexibility index (Phi) is 6.74. The van der Waals surface area contributed by atoms with Crippen LogP contribution in [0.1, 0.15) is 40.0 Å². The van der Waals surface area contributed by atoms with E-state index in [2.05, 4.69) is 29.5 Å². The average Bonchev–Trinajstić information content (AvgIpc) is 3.08. The van der Waals surface area contributed by atoms with Crippen molar-refractivity contribution in [2.75, 3.05) is 26.2 Å². The molecule has 1 aromatic heterocycles. The van der Waals surface area contributed by atoms with Crippen molar-refractivity contribution in [3.05, 3.63) is 18.2 Å². The Morgan fingerprint density at radius 3 is 2.69 bits per heavy atom. The fourth-order valence-electron chi connectivity index (χ4n) is 3.66. The quantitative estimate of drug-likeness (QED) is 0.644. The number of carbonyl (C=O) groups excluding carboxylic acids is 1. The number of unbranched alkanes of at least 4 members (excludes halogenated alkanes) is 1. The second-order valence-electron chi connectivity index (χ2n) is 7.86. The fourth-order valence-corrected chi connectivity index (χ4v) is 5.36. The number of rotatable bonds is 8. The molecule has 1 fully saturated rings. The summed E-state index contributed by atoms with van der Waals surface area (Å²) >= 11 is 0. The molecule has 1 saturated heterocycles. The monoisotopic (exact) mass is 423 g/mol. The van der Waals surface area contributed by atoms with Gasteiger partial charge in [-0.3, -0.25) is 4.79 Å². The van der Waals surface area contributed by atoms with Crippen molar-refractivity contribution in [3.8, 4) is 0 Å². The van der Waals surface area contributed by atoms with Gasteiger partial charge in [-0.15, -0.1) is 5.10 Å². The van der Waals surface area contributed by atoms with Gasteiger partial charge in [-0.1, -0.05) is 32.0 Å². The van der Waals surface area contributed by atoms with Crippen LogP contribution in [0.5, 0.6) is 0 Å². The van der Waals surface area contributed by atoms with E-state index in [1.54, 1.807) is 10.4 Å². The molecule has 10 heteroatoms. The highest BCUT2D eigenvalue weighted by atomic mass is 32.2. The van der Waals surface area contributed by atoms with Crippen molar-refractivity contribution >= 4 is 27.0 Å². The smallest absolute Gasteiger partial charge is 0.260 e. The summed E-state index contributed by atoms with van der Waals surface area (Å²) in [5, 5.41) is 10.6. The number of hydrogen-bond donors (Lipinski definition) is 1. The molecule has 1 aliphatic rings. The van der Waals surface area contributed by atoms with E-state index < -0.39 is 10.0 Å². The summed E-state index contributed by atoms with van der Waals surface area (Å²) < 4.78 is 27.8. The Morgan fingerprint density at radius 1 is 1.28 bits per heavy atom. The lowest BCUT2D eigenvalue weighted by Crippen LogP contribution is -2.42. The van der Waals surface area contributed by atoms with Crippen LogP contribution in [-0.2, 0) is 14.8 Å². The predicted molar refractivity (Wildman–Crippen MR) is 109 cm³/mol. The Bertz CT molecular complexity index is 949. The summed E-state index contributed by atoms with van der Waals surface area (Å²) in [6, 6.07) is 4.65. The van der Waals surface area contributed by atoms with E-state index in [1.807, 2.05) is 6.92 Å². The highest BCUT2D eigenvalue weighted by Crippen LogP contribution is 2.27. The third-order valence-corrected chi connectivity index (χ3v) is 6.86. The maximum atomic E-state index is 13.1. The summed E-state index contributed by atoms with van der Waals surface area (Å²) in [5.74, 6) is 0.375. The molecule has 0 saturated carbocycles. The van der Waals surface area contributed by atoms with Gasteiger partial charge in [0, 0.05) is 19.6 Å². The minimum absolute atomic E-state index is 0.172. The molecular weight excluding hydrogens is 394 g/mol. The molecule has 0 spiro atoms. The van der Waals surface area contributed by atoms with E-state index in [4.69, 9.17) is 4.84 Å². The van der Waals surface area contributed by atoms with Gasteiger partial charge in [0.15, 0.2) is 6.61 Å². The molecule has 1 aromatic carbocycles. The number of hydrogen-bond acceptors (Lipinski definition) is 6. The molecule has 3 rings (SSSR count). The standard InChI is InChI=1S/C19H29N5O4S/c1-4-5-8-20-19(25)13-28-24-18-10-16(6-7-17(18)21-22-24)29(26,27)23-11-14(2)9-15(3)12-23/h6-7,10,14-15H,4-5,8-9,11-13H2,1-3H3,(H,20,25)/t14-,15-/m0/s1. The van der Waals surface area contributed by atoms with E-state index >= 15 is 0 Å². The lowest BCUT2D eigenvalue weighted by molar-refractivity contribution is -0.126. The van der Waals surface area contributed by atoms with Gasteiger partial charge in [-0.2, -0.15) is 4.31 Å². The summed E-state index contributed by atoms with van der Waals surface area (Å²) in [4.78, 5) is 18.5. The number of amides is 1. The van der Waals surface area contributed by atoms with Crippen molar-refractivity contribution < 1.29 is 18.0 Å². The zero-order valence-electron chi connectivity index (χ0n) is 17.2. The normalized spacial score (nSPS) is 20.7. The number of carbonyl (C=O) groups is 1. The van der Waals surface area contributed by atoms with Crippen molar-refractivity contribution in [1.29, 1.82) is 0 Å². The minimum Gasteiger partial charge on any atom is -0.385 e. The lowest BCUT2D eigenvalue weighted by Gasteiger charge is -2.34. The van der Waals surface area contributed by atoms with Gasteiger partial charge < -0.3 is 10.2 Å². The first kappa shape index (κ1) is 21.5. The number of aromatic nitrogens is 3. The minimum atomic E-state index is -3.63. The van der Waals surface area contributed by atoms with Crippen molar-refractivity contribution in [1.82, 2.24) is 24.8 Å². The molecule has 1 aliphatic heterocycles. The van der Waals surface area contributed by atoms with E-state index in [0.29, 0.717) is 42.5 Å². The molecule has 160 valence electrons. The average molecular weight is 424 g/mol. The highest BCUT2D eigenvalue weighted by molar-refractivity contribution is 7.89. The maximum Gasteiger partial charge on any atom is 0.260 e. The molecule has 2 aromatic rings. The van der Waals surface area contributed by atoms with Crippen LogP contribution in [0.3, 0.4) is 0 Å². The third kappa shape index (κ3) is 5.05. The molecule has 0 bridgehead atoms. The largest absolute Gasteiger partial charge is 0.385 e. The van der Waals surface area contributed by atoms with E-state index in [1.165, 1.54) is 12.1 Å².